The van der Waals surface area contributed by atoms with Crippen LogP contribution in [-0.4, -0.2) is 82.7 Å². The third-order valence-electron chi connectivity index (χ3n) is 8.67. The fourth-order valence-electron chi connectivity index (χ4n) is 6.93. The number of carbonyl (C=O) groups excluding carboxylic acids is 3. The highest BCUT2D eigenvalue weighted by atomic mass is 35.5. The molecule has 1 aromatic carbocycles. The second kappa shape index (κ2) is 10.5. The molecule has 9 heteroatoms. The smallest absolute Gasteiger partial charge is 0.253 e. The van der Waals surface area contributed by atoms with Crippen molar-refractivity contribution in [3.05, 3.63) is 54.1 Å². The number of nitrogens with zero attached hydrogens (tertiary/aromatic N) is 3. The lowest BCUT2D eigenvalue weighted by molar-refractivity contribution is -0.152. The van der Waals surface area contributed by atoms with Gasteiger partial charge < -0.3 is 24.5 Å². The summed E-state index contributed by atoms with van der Waals surface area (Å²) in [5.41, 5.74) is -0.700. The largest absolute Gasteiger partial charge is 0.394 e. The predicted molar refractivity (Wildman–Crippen MR) is 147 cm³/mol. The summed E-state index contributed by atoms with van der Waals surface area (Å²) in [6.07, 6.45) is 4.81. The topological polar surface area (TPSA) is 90.4 Å². The monoisotopic (exact) mass is 543 g/mol. The van der Waals surface area contributed by atoms with Crippen LogP contribution >= 0.6 is 11.6 Å². The summed E-state index contributed by atoms with van der Waals surface area (Å²) in [6.45, 7) is 13.3. The summed E-state index contributed by atoms with van der Waals surface area (Å²) in [7, 11) is 1.69. The molecule has 1 spiro atoms. The Morgan fingerprint density at radius 2 is 1.95 bits per heavy atom. The number of aryl methyl sites for hydroxylation is 1. The summed E-state index contributed by atoms with van der Waals surface area (Å²) in [6, 6.07) is 3.71. The first-order chi connectivity index (χ1) is 18.0. The summed E-state index contributed by atoms with van der Waals surface area (Å²) in [5, 5.41) is 10.5. The fourth-order valence-corrected chi connectivity index (χ4v) is 7.25. The van der Waals surface area contributed by atoms with Crippen LogP contribution in [0.1, 0.15) is 38.7 Å². The molecular formula is C29H38ClN3O5. The molecule has 2 bridgehead atoms. The molecule has 1 N–H and O–H groups in total. The number of halogens is 1. The van der Waals surface area contributed by atoms with Crippen LogP contribution in [0.25, 0.3) is 0 Å². The van der Waals surface area contributed by atoms with E-state index in [2.05, 4.69) is 13.2 Å². The maximum absolute atomic E-state index is 14.6. The van der Waals surface area contributed by atoms with E-state index >= 15 is 0 Å². The van der Waals surface area contributed by atoms with E-state index < -0.39 is 35.1 Å². The van der Waals surface area contributed by atoms with Gasteiger partial charge >= 0.3 is 0 Å². The second-order valence-electron chi connectivity index (χ2n) is 10.8. The number of hydrogen-bond acceptors (Lipinski definition) is 5. The van der Waals surface area contributed by atoms with Crippen LogP contribution in [0, 0.1) is 18.8 Å². The Labute approximate surface area is 229 Å². The SMILES string of the molecule is C=CCN(C)C(=O)[C@H]1[C@H]2C(=O)N([C@H](C)CO)C(C(=O)N(CC=C)c3c(C)cccc3Cl)C23CC[C@]1(CC)O3. The summed E-state index contributed by atoms with van der Waals surface area (Å²) in [5.74, 6) is -2.46. The molecule has 6 atom stereocenters. The van der Waals surface area contributed by atoms with Crippen molar-refractivity contribution in [1.29, 1.82) is 0 Å². The number of para-hydroxylation sites is 1. The third kappa shape index (κ3) is 4.00. The minimum atomic E-state index is -1.20. The number of rotatable bonds is 10. The Morgan fingerprint density at radius 3 is 2.53 bits per heavy atom. The standard InChI is InChI=1S/C29H38ClN3O5/c1-7-15-31(6)25(35)21-22-26(36)33(19(5)17-34)24(29(22)14-13-28(21,9-3)38-29)27(37)32(16-8-2)23-18(4)11-10-12-20(23)30/h7-8,10-12,19,21-22,24,34H,1-2,9,13-17H2,3-6H3/t19-,21-,22+,24?,28+,29?/m1/s1. The van der Waals surface area contributed by atoms with E-state index in [1.807, 2.05) is 26.0 Å². The molecule has 3 aliphatic rings. The zero-order valence-corrected chi connectivity index (χ0v) is 23.4. The van der Waals surface area contributed by atoms with E-state index in [0.717, 1.165) is 5.56 Å². The van der Waals surface area contributed by atoms with Crippen LogP contribution in [0.3, 0.4) is 0 Å². The van der Waals surface area contributed by atoms with Crippen LogP contribution in [0.2, 0.25) is 5.02 Å². The first kappa shape index (κ1) is 28.3. The molecule has 206 valence electrons. The molecule has 0 aliphatic carbocycles. The van der Waals surface area contributed by atoms with Crippen molar-refractivity contribution in [3.8, 4) is 0 Å². The molecule has 4 rings (SSSR count). The van der Waals surface area contributed by atoms with E-state index in [-0.39, 0.29) is 30.9 Å². The normalized spacial score (nSPS) is 30.2. The molecule has 3 aliphatic heterocycles. The Kier molecular flexibility index (Phi) is 7.81. The van der Waals surface area contributed by atoms with E-state index in [1.54, 1.807) is 42.0 Å². The van der Waals surface area contributed by atoms with E-state index in [9.17, 15) is 19.5 Å². The highest BCUT2D eigenvalue weighted by molar-refractivity contribution is 6.34. The van der Waals surface area contributed by atoms with E-state index in [0.29, 0.717) is 36.5 Å². The average molecular weight is 544 g/mol. The lowest BCUT2D eigenvalue weighted by atomic mass is 9.64. The number of amides is 3. The van der Waals surface area contributed by atoms with Gasteiger partial charge in [0.2, 0.25) is 11.8 Å². The molecule has 0 saturated carbocycles. The molecule has 0 radical (unpaired) electrons. The number of aliphatic hydroxyl groups excluding tert-OH is 1. The first-order valence-corrected chi connectivity index (χ1v) is 13.6. The number of ether oxygens (including phenoxy) is 1. The average Bonchev–Trinajstić information content (AvgIpc) is 3.50. The number of fused-ring (bicyclic) bond motifs is 1. The van der Waals surface area contributed by atoms with Crippen molar-refractivity contribution in [1.82, 2.24) is 9.80 Å². The molecule has 0 aromatic heterocycles. The second-order valence-corrected chi connectivity index (χ2v) is 11.2. The molecule has 3 fully saturated rings. The van der Waals surface area contributed by atoms with Gasteiger partial charge in [-0.25, -0.2) is 0 Å². The maximum Gasteiger partial charge on any atom is 0.253 e. The molecule has 3 saturated heterocycles. The summed E-state index contributed by atoms with van der Waals surface area (Å²) >= 11 is 6.59. The van der Waals surface area contributed by atoms with Gasteiger partial charge in [0, 0.05) is 20.1 Å². The number of carbonyl (C=O) groups is 3. The number of anilines is 1. The predicted octanol–water partition coefficient (Wildman–Crippen LogP) is 3.35. The lowest BCUT2D eigenvalue weighted by Crippen LogP contribution is -2.58. The zero-order chi connectivity index (χ0) is 28.0. The molecule has 1 aromatic rings. The van der Waals surface area contributed by atoms with Gasteiger partial charge in [0.25, 0.3) is 5.91 Å². The summed E-state index contributed by atoms with van der Waals surface area (Å²) in [4.78, 5) is 47.2. The lowest BCUT2D eigenvalue weighted by Gasteiger charge is -2.39. The van der Waals surface area contributed by atoms with Crippen LogP contribution in [0.5, 0.6) is 0 Å². The van der Waals surface area contributed by atoms with Gasteiger partial charge in [-0.2, -0.15) is 0 Å². The Bertz CT molecular complexity index is 1140. The van der Waals surface area contributed by atoms with Crippen LogP contribution < -0.4 is 4.90 Å². The van der Waals surface area contributed by atoms with Gasteiger partial charge in [0.1, 0.15) is 11.6 Å². The van der Waals surface area contributed by atoms with Gasteiger partial charge in [0.15, 0.2) is 0 Å². The maximum atomic E-state index is 14.6. The number of aliphatic hydroxyl groups is 1. The highest BCUT2D eigenvalue weighted by Gasteiger charge is 2.79. The molecule has 2 unspecified atom stereocenters. The number of hydrogen-bond donors (Lipinski definition) is 1. The molecule has 8 nitrogen and oxygen atoms in total. The van der Waals surface area contributed by atoms with Crippen molar-refractivity contribution < 1.29 is 24.2 Å². The molecular weight excluding hydrogens is 506 g/mol. The van der Waals surface area contributed by atoms with Crippen LogP contribution in [-0.2, 0) is 19.1 Å². The van der Waals surface area contributed by atoms with E-state index in [1.165, 1.54) is 4.90 Å². The van der Waals surface area contributed by atoms with Crippen LogP contribution in [0.15, 0.2) is 43.5 Å². The van der Waals surface area contributed by atoms with Crippen molar-refractivity contribution >= 4 is 35.0 Å². The summed E-state index contributed by atoms with van der Waals surface area (Å²) < 4.78 is 6.81. The first-order valence-electron chi connectivity index (χ1n) is 13.2. The fraction of sp³-hybridized carbons (Fsp3) is 0.552. The number of likely N-dealkylation sites (tertiary alicyclic amines) is 1. The molecule has 3 amide bonds. The zero-order valence-electron chi connectivity index (χ0n) is 22.7. The highest BCUT2D eigenvalue weighted by Crippen LogP contribution is 2.65. The Hall–Kier alpha value is -2.68. The van der Waals surface area contributed by atoms with Gasteiger partial charge in [-0.1, -0.05) is 42.8 Å². The van der Waals surface area contributed by atoms with Crippen molar-refractivity contribution in [2.24, 2.45) is 11.8 Å². The Balaban J connectivity index is 1.88. The van der Waals surface area contributed by atoms with Gasteiger partial charge in [-0.05, 0) is 44.7 Å². The minimum Gasteiger partial charge on any atom is -0.394 e. The third-order valence-corrected chi connectivity index (χ3v) is 8.98. The molecule has 3 heterocycles. The van der Waals surface area contributed by atoms with Gasteiger partial charge in [-0.3, -0.25) is 14.4 Å². The number of benzene rings is 1. The van der Waals surface area contributed by atoms with Crippen molar-refractivity contribution in [2.75, 3.05) is 31.6 Å². The molecule has 38 heavy (non-hydrogen) atoms. The Morgan fingerprint density at radius 1 is 1.26 bits per heavy atom. The van der Waals surface area contributed by atoms with Gasteiger partial charge in [-0.15, -0.1) is 13.2 Å². The van der Waals surface area contributed by atoms with Crippen LogP contribution in [0.4, 0.5) is 5.69 Å². The van der Waals surface area contributed by atoms with E-state index in [4.69, 9.17) is 16.3 Å². The minimum absolute atomic E-state index is 0.166. The quantitative estimate of drug-likeness (QED) is 0.457. The van der Waals surface area contributed by atoms with Crippen molar-refractivity contribution in [2.45, 2.75) is 63.3 Å². The van der Waals surface area contributed by atoms with Crippen molar-refractivity contribution in [3.63, 3.8) is 0 Å². The number of likely N-dealkylation sites (N-methyl/N-ethyl adjacent to an activating group) is 1. The van der Waals surface area contributed by atoms with Gasteiger partial charge in [0.05, 0.1) is 40.8 Å².